The van der Waals surface area contributed by atoms with Crippen LogP contribution in [0.15, 0.2) is 42.5 Å². The van der Waals surface area contributed by atoms with Gasteiger partial charge in [0.2, 0.25) is 0 Å². The van der Waals surface area contributed by atoms with Crippen molar-refractivity contribution in [1.82, 2.24) is 0 Å². The van der Waals surface area contributed by atoms with Gasteiger partial charge in [-0.2, -0.15) is 0 Å². The van der Waals surface area contributed by atoms with Gasteiger partial charge in [0.25, 0.3) is 0 Å². The summed E-state index contributed by atoms with van der Waals surface area (Å²) in [6, 6.07) is 11.2. The Hall–Kier alpha value is -2.10. The molecular formula is C15H16F2N2. The molecule has 0 heterocycles. The minimum absolute atomic E-state index is 0.149. The highest BCUT2D eigenvalue weighted by Crippen LogP contribution is 2.19. The number of nitrogens with zero attached hydrogens (tertiary/aromatic N) is 1. The van der Waals surface area contributed by atoms with Crippen molar-refractivity contribution in [2.45, 2.75) is 6.42 Å². The molecule has 100 valence electrons. The van der Waals surface area contributed by atoms with E-state index in [0.717, 1.165) is 24.2 Å². The van der Waals surface area contributed by atoms with Gasteiger partial charge in [-0.05, 0) is 42.3 Å². The number of likely N-dealkylation sites (N-methyl/N-ethyl adjacent to an activating group) is 1. The van der Waals surface area contributed by atoms with Crippen LogP contribution in [0.25, 0.3) is 0 Å². The van der Waals surface area contributed by atoms with E-state index < -0.39 is 5.82 Å². The van der Waals surface area contributed by atoms with Crippen molar-refractivity contribution in [3.05, 3.63) is 59.7 Å². The summed E-state index contributed by atoms with van der Waals surface area (Å²) in [6.07, 6.45) is 0.767. The summed E-state index contributed by atoms with van der Waals surface area (Å²) in [5, 5.41) is 0. The van der Waals surface area contributed by atoms with Crippen molar-refractivity contribution in [3.8, 4) is 0 Å². The lowest BCUT2D eigenvalue weighted by Crippen LogP contribution is -2.20. The zero-order chi connectivity index (χ0) is 13.8. The van der Waals surface area contributed by atoms with E-state index in [2.05, 4.69) is 0 Å². The molecule has 0 aliphatic rings. The van der Waals surface area contributed by atoms with Crippen molar-refractivity contribution in [1.29, 1.82) is 0 Å². The van der Waals surface area contributed by atoms with Crippen LogP contribution in [0.2, 0.25) is 0 Å². The van der Waals surface area contributed by atoms with E-state index >= 15 is 0 Å². The smallest absolute Gasteiger partial charge is 0.148 e. The summed E-state index contributed by atoms with van der Waals surface area (Å²) in [7, 11) is 1.88. The quantitative estimate of drug-likeness (QED) is 0.857. The van der Waals surface area contributed by atoms with Crippen LogP contribution in [0, 0.1) is 11.6 Å². The molecule has 0 spiro atoms. The van der Waals surface area contributed by atoms with Crippen molar-refractivity contribution >= 4 is 11.4 Å². The molecule has 2 rings (SSSR count). The molecule has 0 aromatic heterocycles. The molecule has 2 nitrogen and oxygen atoms in total. The van der Waals surface area contributed by atoms with Crippen LogP contribution in [0.5, 0.6) is 0 Å². The molecule has 0 unspecified atom stereocenters. The van der Waals surface area contributed by atoms with Crippen LogP contribution in [0.1, 0.15) is 5.56 Å². The van der Waals surface area contributed by atoms with Gasteiger partial charge in [-0.1, -0.05) is 12.1 Å². The number of hydrogen-bond donors (Lipinski definition) is 1. The first-order valence-corrected chi connectivity index (χ1v) is 6.07. The first kappa shape index (κ1) is 13.3. The van der Waals surface area contributed by atoms with E-state index in [-0.39, 0.29) is 11.5 Å². The van der Waals surface area contributed by atoms with Crippen molar-refractivity contribution < 1.29 is 8.78 Å². The Bertz CT molecular complexity index is 553. The van der Waals surface area contributed by atoms with Gasteiger partial charge >= 0.3 is 0 Å². The zero-order valence-corrected chi connectivity index (χ0v) is 10.7. The first-order valence-electron chi connectivity index (χ1n) is 6.07. The Balaban J connectivity index is 1.98. The monoisotopic (exact) mass is 262 g/mol. The Morgan fingerprint density at radius 1 is 1.05 bits per heavy atom. The molecular weight excluding hydrogens is 246 g/mol. The maximum Gasteiger partial charge on any atom is 0.148 e. The molecule has 2 aromatic carbocycles. The van der Waals surface area contributed by atoms with Gasteiger partial charge in [-0.25, -0.2) is 8.78 Å². The SMILES string of the molecule is CN(CCc1ccc(F)cc1)c1ccc(N)c(F)c1. The van der Waals surface area contributed by atoms with E-state index in [0.29, 0.717) is 0 Å². The summed E-state index contributed by atoms with van der Waals surface area (Å²) in [5.41, 5.74) is 7.41. The molecule has 2 aromatic rings. The fourth-order valence-electron chi connectivity index (χ4n) is 1.83. The third kappa shape index (κ3) is 3.44. The Morgan fingerprint density at radius 3 is 2.37 bits per heavy atom. The van der Waals surface area contributed by atoms with Gasteiger partial charge in [0.05, 0.1) is 5.69 Å². The van der Waals surface area contributed by atoms with Crippen LogP contribution < -0.4 is 10.6 Å². The standard InChI is InChI=1S/C15H16F2N2/c1-19(13-6-7-15(18)14(17)10-13)9-8-11-2-4-12(16)5-3-11/h2-7,10H,8-9,18H2,1H3. The molecule has 0 radical (unpaired) electrons. The average molecular weight is 262 g/mol. The van der Waals surface area contributed by atoms with Gasteiger partial charge < -0.3 is 10.6 Å². The summed E-state index contributed by atoms with van der Waals surface area (Å²) >= 11 is 0. The fraction of sp³-hybridized carbons (Fsp3) is 0.200. The largest absolute Gasteiger partial charge is 0.396 e. The van der Waals surface area contributed by atoms with Crippen molar-refractivity contribution in [2.24, 2.45) is 0 Å². The maximum absolute atomic E-state index is 13.4. The molecule has 0 fully saturated rings. The fourth-order valence-corrected chi connectivity index (χ4v) is 1.83. The second kappa shape index (κ2) is 5.69. The highest BCUT2D eigenvalue weighted by molar-refractivity contribution is 5.53. The Labute approximate surface area is 111 Å². The molecule has 0 bridgehead atoms. The van der Waals surface area contributed by atoms with Crippen LogP contribution in [0.3, 0.4) is 0 Å². The molecule has 0 aliphatic heterocycles. The number of nitrogens with two attached hydrogens (primary N) is 1. The lowest BCUT2D eigenvalue weighted by Gasteiger charge is -2.19. The van der Waals surface area contributed by atoms with Crippen LogP contribution in [0.4, 0.5) is 20.2 Å². The highest BCUT2D eigenvalue weighted by atomic mass is 19.1. The highest BCUT2D eigenvalue weighted by Gasteiger charge is 2.05. The number of anilines is 2. The zero-order valence-electron chi connectivity index (χ0n) is 10.7. The summed E-state index contributed by atoms with van der Waals surface area (Å²) in [5.74, 6) is -0.649. The summed E-state index contributed by atoms with van der Waals surface area (Å²) in [6.45, 7) is 0.717. The van der Waals surface area contributed by atoms with E-state index in [9.17, 15) is 8.78 Å². The van der Waals surface area contributed by atoms with Gasteiger partial charge in [0, 0.05) is 19.3 Å². The van der Waals surface area contributed by atoms with E-state index in [1.54, 1.807) is 24.3 Å². The number of rotatable bonds is 4. The van der Waals surface area contributed by atoms with Crippen LogP contribution in [-0.2, 0) is 6.42 Å². The molecule has 19 heavy (non-hydrogen) atoms. The van der Waals surface area contributed by atoms with Crippen molar-refractivity contribution in [3.63, 3.8) is 0 Å². The molecule has 2 N–H and O–H groups in total. The minimum Gasteiger partial charge on any atom is -0.396 e. The summed E-state index contributed by atoms with van der Waals surface area (Å²) in [4.78, 5) is 1.94. The predicted octanol–water partition coefficient (Wildman–Crippen LogP) is 3.23. The van der Waals surface area contributed by atoms with E-state index in [4.69, 9.17) is 5.73 Å². The average Bonchev–Trinajstić information content (AvgIpc) is 2.41. The first-order chi connectivity index (χ1) is 9.06. The lowest BCUT2D eigenvalue weighted by atomic mass is 10.1. The van der Waals surface area contributed by atoms with Gasteiger partial charge in [-0.15, -0.1) is 0 Å². The summed E-state index contributed by atoms with van der Waals surface area (Å²) < 4.78 is 26.1. The Kier molecular flexibility index (Phi) is 4.00. The topological polar surface area (TPSA) is 29.3 Å². The van der Waals surface area contributed by atoms with E-state index in [1.807, 2.05) is 11.9 Å². The number of hydrogen-bond acceptors (Lipinski definition) is 2. The molecule has 0 atom stereocenters. The normalized spacial score (nSPS) is 10.5. The second-order valence-electron chi connectivity index (χ2n) is 4.50. The Morgan fingerprint density at radius 2 is 1.74 bits per heavy atom. The van der Waals surface area contributed by atoms with Gasteiger partial charge in [0.1, 0.15) is 11.6 Å². The number of nitrogen functional groups attached to an aromatic ring is 1. The molecule has 0 amide bonds. The maximum atomic E-state index is 13.4. The predicted molar refractivity (Wildman–Crippen MR) is 74.2 cm³/mol. The van der Waals surface area contributed by atoms with Gasteiger partial charge in [-0.3, -0.25) is 0 Å². The van der Waals surface area contributed by atoms with Crippen LogP contribution >= 0.6 is 0 Å². The second-order valence-corrected chi connectivity index (χ2v) is 4.50. The van der Waals surface area contributed by atoms with Gasteiger partial charge in [0.15, 0.2) is 0 Å². The van der Waals surface area contributed by atoms with Crippen molar-refractivity contribution in [2.75, 3.05) is 24.2 Å². The molecule has 4 heteroatoms. The van der Waals surface area contributed by atoms with E-state index in [1.165, 1.54) is 18.2 Å². The minimum atomic E-state index is -0.411. The lowest BCUT2D eigenvalue weighted by molar-refractivity contribution is 0.626. The third-order valence-corrected chi connectivity index (χ3v) is 3.07. The van der Waals surface area contributed by atoms with Crippen LogP contribution in [-0.4, -0.2) is 13.6 Å². The number of halogens is 2. The molecule has 0 aliphatic carbocycles. The number of benzene rings is 2. The third-order valence-electron chi connectivity index (χ3n) is 3.07. The molecule has 0 saturated carbocycles. The molecule has 0 saturated heterocycles.